The molecule has 0 saturated heterocycles. The summed E-state index contributed by atoms with van der Waals surface area (Å²) in [5.41, 5.74) is 0.241. The molecule has 0 spiro atoms. The summed E-state index contributed by atoms with van der Waals surface area (Å²) in [4.78, 5) is 26.5. The van der Waals surface area contributed by atoms with Gasteiger partial charge >= 0.3 is 5.97 Å². The molecule has 1 amide bonds. The number of rotatable bonds is 8. The van der Waals surface area contributed by atoms with Gasteiger partial charge in [0.05, 0.1) is 6.42 Å². The minimum Gasteiger partial charge on any atom is -0.481 e. The number of hydrogen-bond donors (Lipinski definition) is 1. The van der Waals surface area contributed by atoms with E-state index in [-0.39, 0.29) is 24.4 Å². The van der Waals surface area contributed by atoms with Gasteiger partial charge in [-0.15, -0.1) is 0 Å². The van der Waals surface area contributed by atoms with Crippen molar-refractivity contribution in [2.24, 2.45) is 0 Å². The van der Waals surface area contributed by atoms with Crippen molar-refractivity contribution in [1.82, 2.24) is 9.80 Å². The van der Waals surface area contributed by atoms with Crippen LogP contribution < -0.4 is 0 Å². The number of hydrogen-bond acceptors (Lipinski definition) is 3. The number of nitrogens with zero attached hydrogens (tertiary/aromatic N) is 2. The molecule has 0 unspecified atom stereocenters. The van der Waals surface area contributed by atoms with Crippen molar-refractivity contribution in [3.63, 3.8) is 0 Å². The maximum atomic E-state index is 13.2. The molecule has 0 heterocycles. The van der Waals surface area contributed by atoms with Gasteiger partial charge in [-0.25, -0.2) is 4.39 Å². The Hall–Kier alpha value is -1.95. The second-order valence-corrected chi connectivity index (χ2v) is 5.10. The Morgan fingerprint density at radius 3 is 2.48 bits per heavy atom. The van der Waals surface area contributed by atoms with Crippen LogP contribution >= 0.6 is 0 Å². The average molecular weight is 296 g/mol. The van der Waals surface area contributed by atoms with Gasteiger partial charge in [0.25, 0.3) is 5.91 Å². The van der Waals surface area contributed by atoms with Crippen LogP contribution in [0.15, 0.2) is 24.3 Å². The lowest BCUT2D eigenvalue weighted by Crippen LogP contribution is -2.35. The van der Waals surface area contributed by atoms with Gasteiger partial charge in [0.15, 0.2) is 0 Å². The molecule has 0 atom stereocenters. The first kappa shape index (κ1) is 17.1. The molecule has 0 saturated carbocycles. The molecule has 0 radical (unpaired) electrons. The summed E-state index contributed by atoms with van der Waals surface area (Å²) < 4.78 is 13.2. The third kappa shape index (κ3) is 6.35. The maximum absolute atomic E-state index is 13.2. The van der Waals surface area contributed by atoms with Gasteiger partial charge in [-0.05, 0) is 45.3 Å². The molecule has 6 heteroatoms. The van der Waals surface area contributed by atoms with Crippen LogP contribution in [0.2, 0.25) is 0 Å². The highest BCUT2D eigenvalue weighted by molar-refractivity contribution is 5.94. The molecule has 0 aliphatic rings. The Morgan fingerprint density at radius 1 is 1.19 bits per heavy atom. The van der Waals surface area contributed by atoms with Crippen molar-refractivity contribution in [3.05, 3.63) is 35.6 Å². The standard InChI is InChI=1S/C15H21FN2O3/c1-17(2)8-4-9-18(10-7-14(19)20)15(21)12-5-3-6-13(16)11-12/h3,5-6,11H,4,7-10H2,1-2H3,(H,19,20). The van der Waals surface area contributed by atoms with E-state index in [1.165, 1.54) is 29.2 Å². The monoisotopic (exact) mass is 296 g/mol. The third-order valence-electron chi connectivity index (χ3n) is 2.99. The quantitative estimate of drug-likeness (QED) is 0.793. The van der Waals surface area contributed by atoms with E-state index in [0.717, 1.165) is 13.0 Å². The van der Waals surface area contributed by atoms with Gasteiger partial charge in [-0.2, -0.15) is 0 Å². The van der Waals surface area contributed by atoms with E-state index in [9.17, 15) is 14.0 Å². The van der Waals surface area contributed by atoms with Crippen LogP contribution in [0.4, 0.5) is 4.39 Å². The van der Waals surface area contributed by atoms with E-state index in [1.807, 2.05) is 19.0 Å². The van der Waals surface area contributed by atoms with E-state index in [2.05, 4.69) is 0 Å². The molecule has 0 fully saturated rings. The number of aliphatic carboxylic acids is 1. The van der Waals surface area contributed by atoms with Crippen LogP contribution in [-0.2, 0) is 4.79 Å². The summed E-state index contributed by atoms with van der Waals surface area (Å²) in [5.74, 6) is -1.78. The molecule has 21 heavy (non-hydrogen) atoms. The largest absolute Gasteiger partial charge is 0.481 e. The van der Waals surface area contributed by atoms with Crippen molar-refractivity contribution < 1.29 is 19.1 Å². The predicted molar refractivity (Wildman–Crippen MR) is 77.7 cm³/mol. The fraction of sp³-hybridized carbons (Fsp3) is 0.467. The number of carbonyl (C=O) groups excluding carboxylic acids is 1. The van der Waals surface area contributed by atoms with Crippen molar-refractivity contribution in [2.75, 3.05) is 33.7 Å². The highest BCUT2D eigenvalue weighted by Gasteiger charge is 2.17. The minimum atomic E-state index is -0.959. The molecular weight excluding hydrogens is 275 g/mol. The summed E-state index contributed by atoms with van der Waals surface area (Å²) >= 11 is 0. The smallest absolute Gasteiger partial charge is 0.305 e. The molecule has 1 rings (SSSR count). The number of benzene rings is 1. The highest BCUT2D eigenvalue weighted by atomic mass is 19.1. The van der Waals surface area contributed by atoms with Crippen molar-refractivity contribution >= 4 is 11.9 Å². The lowest BCUT2D eigenvalue weighted by molar-refractivity contribution is -0.137. The summed E-state index contributed by atoms with van der Waals surface area (Å²) in [6.45, 7) is 1.36. The van der Waals surface area contributed by atoms with E-state index in [1.54, 1.807) is 0 Å². The number of carboxylic acid groups (broad SMARTS) is 1. The highest BCUT2D eigenvalue weighted by Crippen LogP contribution is 2.09. The number of carbonyl (C=O) groups is 2. The Labute approximate surface area is 124 Å². The second-order valence-electron chi connectivity index (χ2n) is 5.10. The zero-order chi connectivity index (χ0) is 15.8. The summed E-state index contributed by atoms with van der Waals surface area (Å²) in [6, 6.07) is 5.44. The predicted octanol–water partition coefficient (Wildman–Crippen LogP) is 1.69. The van der Waals surface area contributed by atoms with Gasteiger partial charge in [0.2, 0.25) is 0 Å². The number of amides is 1. The number of carboxylic acids is 1. The molecule has 1 N–H and O–H groups in total. The molecule has 1 aromatic carbocycles. The molecule has 1 aromatic rings. The summed E-state index contributed by atoms with van der Waals surface area (Å²) in [6.07, 6.45) is 0.608. The van der Waals surface area contributed by atoms with E-state index in [4.69, 9.17) is 5.11 Å². The molecule has 116 valence electrons. The molecule has 0 aliphatic heterocycles. The van der Waals surface area contributed by atoms with E-state index >= 15 is 0 Å². The van der Waals surface area contributed by atoms with E-state index < -0.39 is 11.8 Å². The lowest BCUT2D eigenvalue weighted by Gasteiger charge is -2.23. The Morgan fingerprint density at radius 2 is 1.90 bits per heavy atom. The maximum Gasteiger partial charge on any atom is 0.305 e. The fourth-order valence-electron chi connectivity index (χ4n) is 1.93. The van der Waals surface area contributed by atoms with Crippen LogP contribution in [0.3, 0.4) is 0 Å². The van der Waals surface area contributed by atoms with Crippen LogP contribution in [-0.4, -0.2) is 60.5 Å². The topological polar surface area (TPSA) is 60.9 Å². The van der Waals surface area contributed by atoms with Crippen LogP contribution in [0.1, 0.15) is 23.2 Å². The van der Waals surface area contributed by atoms with Gasteiger partial charge < -0.3 is 14.9 Å². The van der Waals surface area contributed by atoms with Gasteiger partial charge in [0.1, 0.15) is 5.82 Å². The van der Waals surface area contributed by atoms with Crippen LogP contribution in [0.5, 0.6) is 0 Å². The van der Waals surface area contributed by atoms with Gasteiger partial charge in [-0.1, -0.05) is 6.07 Å². The second kappa shape index (κ2) is 8.36. The normalized spacial score (nSPS) is 10.7. The lowest BCUT2D eigenvalue weighted by atomic mass is 10.2. The molecule has 0 bridgehead atoms. The van der Waals surface area contributed by atoms with Crippen molar-refractivity contribution in [2.45, 2.75) is 12.8 Å². The minimum absolute atomic E-state index is 0.122. The Bertz CT molecular complexity index is 492. The Balaban J connectivity index is 2.73. The number of halogens is 1. The van der Waals surface area contributed by atoms with Gasteiger partial charge in [-0.3, -0.25) is 9.59 Å². The average Bonchev–Trinajstić information content (AvgIpc) is 2.41. The third-order valence-corrected chi connectivity index (χ3v) is 2.99. The summed E-state index contributed by atoms with van der Waals surface area (Å²) in [7, 11) is 3.85. The molecular formula is C15H21FN2O3. The van der Waals surface area contributed by atoms with Gasteiger partial charge in [0, 0.05) is 18.7 Å². The first-order chi connectivity index (χ1) is 9.90. The Kier molecular flexibility index (Phi) is 6.81. The SMILES string of the molecule is CN(C)CCCN(CCC(=O)O)C(=O)c1cccc(F)c1. The fourth-order valence-corrected chi connectivity index (χ4v) is 1.93. The van der Waals surface area contributed by atoms with E-state index in [0.29, 0.717) is 6.54 Å². The molecule has 5 nitrogen and oxygen atoms in total. The van der Waals surface area contributed by atoms with Crippen molar-refractivity contribution in [1.29, 1.82) is 0 Å². The molecule has 0 aromatic heterocycles. The first-order valence-corrected chi connectivity index (χ1v) is 6.81. The zero-order valence-corrected chi connectivity index (χ0v) is 12.4. The van der Waals surface area contributed by atoms with Crippen LogP contribution in [0, 0.1) is 5.82 Å². The zero-order valence-electron chi connectivity index (χ0n) is 12.4. The van der Waals surface area contributed by atoms with Crippen LogP contribution in [0.25, 0.3) is 0 Å². The summed E-state index contributed by atoms with van der Waals surface area (Å²) in [5, 5.41) is 8.77. The molecule has 0 aliphatic carbocycles. The first-order valence-electron chi connectivity index (χ1n) is 6.81. The van der Waals surface area contributed by atoms with Crippen molar-refractivity contribution in [3.8, 4) is 0 Å².